The third-order valence-electron chi connectivity index (χ3n) is 3.87. The van der Waals surface area contributed by atoms with Crippen molar-refractivity contribution in [3.8, 4) is 6.07 Å². The first-order chi connectivity index (χ1) is 11.6. The maximum Gasteiger partial charge on any atom is 0.155 e. The molecule has 1 heterocycles. The molecule has 0 amide bonds. The van der Waals surface area contributed by atoms with Crippen LogP contribution in [-0.4, -0.2) is 20.4 Å². The van der Waals surface area contributed by atoms with Crippen LogP contribution in [0.1, 0.15) is 11.4 Å². The Morgan fingerprint density at radius 2 is 1.92 bits per heavy atom. The Bertz CT molecular complexity index is 966. The molecule has 0 atom stereocenters. The summed E-state index contributed by atoms with van der Waals surface area (Å²) < 4.78 is 1.84. The lowest BCUT2D eigenvalue weighted by atomic mass is 10.2. The van der Waals surface area contributed by atoms with E-state index in [0.717, 1.165) is 21.5 Å². The van der Waals surface area contributed by atoms with Gasteiger partial charge in [-0.25, -0.2) is 4.98 Å². The predicted octanol–water partition coefficient (Wildman–Crippen LogP) is 4.47. The number of aryl methyl sites for hydroxylation is 2. The molecule has 24 heavy (non-hydrogen) atoms. The van der Waals surface area contributed by atoms with Crippen molar-refractivity contribution in [1.29, 1.82) is 5.26 Å². The first kappa shape index (κ1) is 16.2. The zero-order valence-electron chi connectivity index (χ0n) is 13.5. The Labute approximate surface area is 145 Å². The minimum absolute atomic E-state index is 0.0455. The molecule has 1 aromatic heterocycles. The fourth-order valence-corrected chi connectivity index (χ4v) is 3.46. The quantitative estimate of drug-likeness (QED) is 0.434. The van der Waals surface area contributed by atoms with Crippen molar-refractivity contribution in [1.82, 2.24) is 9.55 Å². The maximum atomic E-state index is 10.4. The average molecular weight is 335 g/mol. The third-order valence-corrected chi connectivity index (χ3v) is 5.06. The second-order valence-electron chi connectivity index (χ2n) is 5.47. The standard InChI is InChI=1S/C19H17N3OS/c1-13-7-3-6-10-18(13)24-12-17(23)14(11-20)19-21-15-8-4-5-9-16(15)22(19)2/h3-10,23H,12H2,1-2H3/b17-14+. The normalized spacial score (nSPS) is 12.0. The summed E-state index contributed by atoms with van der Waals surface area (Å²) in [6.07, 6.45) is 0. The van der Waals surface area contributed by atoms with Gasteiger partial charge in [0.2, 0.25) is 0 Å². The van der Waals surface area contributed by atoms with Crippen LogP contribution in [0, 0.1) is 18.3 Å². The molecule has 0 saturated heterocycles. The summed E-state index contributed by atoms with van der Waals surface area (Å²) in [5.74, 6) is 0.863. The minimum Gasteiger partial charge on any atom is -0.510 e. The number of aliphatic hydroxyl groups excluding tert-OH is 1. The van der Waals surface area contributed by atoms with Crippen LogP contribution in [-0.2, 0) is 7.05 Å². The molecule has 0 saturated carbocycles. The van der Waals surface area contributed by atoms with Gasteiger partial charge in [-0.05, 0) is 30.7 Å². The summed E-state index contributed by atoms with van der Waals surface area (Å²) in [5, 5.41) is 20.0. The summed E-state index contributed by atoms with van der Waals surface area (Å²) >= 11 is 1.51. The van der Waals surface area contributed by atoms with Crippen LogP contribution in [0.4, 0.5) is 0 Å². The van der Waals surface area contributed by atoms with Crippen LogP contribution in [0.25, 0.3) is 16.6 Å². The molecule has 0 spiro atoms. The zero-order valence-corrected chi connectivity index (χ0v) is 14.3. The van der Waals surface area contributed by atoms with Crippen molar-refractivity contribution in [3.63, 3.8) is 0 Å². The van der Waals surface area contributed by atoms with E-state index in [2.05, 4.69) is 11.1 Å². The number of allylic oxidation sites excluding steroid dienone is 1. The molecule has 0 aliphatic carbocycles. The topological polar surface area (TPSA) is 61.8 Å². The lowest BCUT2D eigenvalue weighted by Gasteiger charge is -2.07. The van der Waals surface area contributed by atoms with E-state index in [4.69, 9.17) is 0 Å². The van der Waals surface area contributed by atoms with Crippen molar-refractivity contribution >= 4 is 28.4 Å². The Morgan fingerprint density at radius 3 is 2.62 bits per heavy atom. The van der Waals surface area contributed by atoms with Gasteiger partial charge in [0.1, 0.15) is 17.4 Å². The summed E-state index contributed by atoms with van der Waals surface area (Å²) in [4.78, 5) is 5.58. The molecule has 2 aromatic carbocycles. The number of aromatic nitrogens is 2. The molecule has 3 aromatic rings. The monoisotopic (exact) mass is 335 g/mol. The van der Waals surface area contributed by atoms with Gasteiger partial charge in [-0.15, -0.1) is 11.8 Å². The second kappa shape index (κ2) is 6.81. The van der Waals surface area contributed by atoms with Gasteiger partial charge in [0.15, 0.2) is 5.82 Å². The summed E-state index contributed by atoms with van der Waals surface area (Å²) in [5.41, 5.74) is 3.10. The number of hydrogen-bond donors (Lipinski definition) is 1. The third kappa shape index (κ3) is 3.01. The lowest BCUT2D eigenvalue weighted by Crippen LogP contribution is -2.01. The minimum atomic E-state index is 0.0455. The largest absolute Gasteiger partial charge is 0.510 e. The van der Waals surface area contributed by atoms with Crippen LogP contribution in [0.15, 0.2) is 59.2 Å². The van der Waals surface area contributed by atoms with Crippen LogP contribution >= 0.6 is 11.8 Å². The van der Waals surface area contributed by atoms with Gasteiger partial charge >= 0.3 is 0 Å². The van der Waals surface area contributed by atoms with Gasteiger partial charge in [0.25, 0.3) is 0 Å². The molecular weight excluding hydrogens is 318 g/mol. The first-order valence-electron chi connectivity index (χ1n) is 7.54. The zero-order chi connectivity index (χ0) is 17.1. The maximum absolute atomic E-state index is 10.4. The van der Waals surface area contributed by atoms with Crippen molar-refractivity contribution in [2.45, 2.75) is 11.8 Å². The number of fused-ring (bicyclic) bond motifs is 1. The highest BCUT2D eigenvalue weighted by atomic mass is 32.2. The summed E-state index contributed by atoms with van der Waals surface area (Å²) in [6, 6.07) is 17.8. The van der Waals surface area contributed by atoms with E-state index in [0.29, 0.717) is 11.6 Å². The SMILES string of the molecule is Cc1ccccc1SC/C(O)=C(/C#N)c1nc2ccccc2n1C. The molecule has 0 radical (unpaired) electrons. The first-order valence-corrected chi connectivity index (χ1v) is 8.53. The van der Waals surface area contributed by atoms with E-state index in [1.165, 1.54) is 11.8 Å². The number of nitrogens with zero attached hydrogens (tertiary/aromatic N) is 3. The van der Waals surface area contributed by atoms with Crippen LogP contribution in [0.3, 0.4) is 0 Å². The van der Waals surface area contributed by atoms with E-state index in [1.54, 1.807) is 0 Å². The molecular formula is C19H17N3OS. The summed E-state index contributed by atoms with van der Waals surface area (Å²) in [6.45, 7) is 2.03. The molecule has 1 N–H and O–H groups in total. The van der Waals surface area contributed by atoms with E-state index >= 15 is 0 Å². The number of benzene rings is 2. The van der Waals surface area contributed by atoms with E-state index < -0.39 is 0 Å². The molecule has 0 aliphatic rings. The van der Waals surface area contributed by atoms with E-state index in [-0.39, 0.29) is 11.3 Å². The fourth-order valence-electron chi connectivity index (χ4n) is 2.55. The molecule has 0 unspecified atom stereocenters. The van der Waals surface area contributed by atoms with Crippen LogP contribution in [0.2, 0.25) is 0 Å². The van der Waals surface area contributed by atoms with Crippen LogP contribution < -0.4 is 0 Å². The molecule has 120 valence electrons. The summed E-state index contributed by atoms with van der Waals surface area (Å²) in [7, 11) is 1.85. The Morgan fingerprint density at radius 1 is 1.21 bits per heavy atom. The highest BCUT2D eigenvalue weighted by molar-refractivity contribution is 7.99. The highest BCUT2D eigenvalue weighted by Gasteiger charge is 2.16. The molecule has 4 nitrogen and oxygen atoms in total. The number of nitriles is 1. The van der Waals surface area contributed by atoms with Gasteiger partial charge in [-0.1, -0.05) is 30.3 Å². The number of rotatable bonds is 4. The van der Waals surface area contributed by atoms with Gasteiger partial charge in [0.05, 0.1) is 16.8 Å². The Balaban J connectivity index is 1.94. The van der Waals surface area contributed by atoms with Crippen molar-refractivity contribution < 1.29 is 5.11 Å². The fraction of sp³-hybridized carbons (Fsp3) is 0.158. The second-order valence-corrected chi connectivity index (χ2v) is 6.49. The Kier molecular flexibility index (Phi) is 4.59. The molecule has 3 rings (SSSR count). The number of hydrogen-bond acceptors (Lipinski definition) is 4. The van der Waals surface area contributed by atoms with Crippen molar-refractivity contribution in [3.05, 3.63) is 65.7 Å². The number of imidazole rings is 1. The lowest BCUT2D eigenvalue weighted by molar-refractivity contribution is 0.420. The van der Waals surface area contributed by atoms with Gasteiger partial charge in [0, 0.05) is 11.9 Å². The van der Waals surface area contributed by atoms with Crippen molar-refractivity contribution in [2.24, 2.45) is 7.05 Å². The van der Waals surface area contributed by atoms with Crippen molar-refractivity contribution in [2.75, 3.05) is 5.75 Å². The molecule has 5 heteroatoms. The van der Waals surface area contributed by atoms with E-state index in [9.17, 15) is 10.4 Å². The smallest absolute Gasteiger partial charge is 0.155 e. The molecule has 0 aliphatic heterocycles. The Hall–Kier alpha value is -2.71. The number of thioether (sulfide) groups is 1. The van der Waals surface area contributed by atoms with Gasteiger partial charge in [-0.2, -0.15) is 5.26 Å². The predicted molar refractivity (Wildman–Crippen MR) is 97.8 cm³/mol. The molecule has 0 bridgehead atoms. The van der Waals surface area contributed by atoms with Gasteiger partial charge in [-0.3, -0.25) is 0 Å². The molecule has 0 fully saturated rings. The number of para-hydroxylation sites is 2. The highest BCUT2D eigenvalue weighted by Crippen LogP contribution is 2.27. The number of aliphatic hydroxyl groups is 1. The van der Waals surface area contributed by atoms with Crippen LogP contribution in [0.5, 0.6) is 0 Å². The average Bonchev–Trinajstić information content (AvgIpc) is 2.92. The van der Waals surface area contributed by atoms with Gasteiger partial charge < -0.3 is 9.67 Å². The van der Waals surface area contributed by atoms with E-state index in [1.807, 2.05) is 67.1 Å².